The molecule has 3 nitrogen and oxygen atoms in total. The van der Waals surface area contributed by atoms with Crippen LogP contribution in [0.5, 0.6) is 0 Å². The van der Waals surface area contributed by atoms with Crippen LogP contribution in [0, 0.1) is 11.8 Å². The first-order valence-corrected chi connectivity index (χ1v) is 4.66. The maximum Gasteiger partial charge on any atom is 0.332 e. The van der Waals surface area contributed by atoms with E-state index in [1.54, 1.807) is 0 Å². The predicted octanol–water partition coefficient (Wildman–Crippen LogP) is 1.39. The fraction of sp³-hybridized carbons (Fsp3) is 0.600. The van der Waals surface area contributed by atoms with Crippen molar-refractivity contribution in [2.75, 3.05) is 0 Å². The fourth-order valence-electron chi connectivity index (χ4n) is 2.61. The van der Waals surface area contributed by atoms with Gasteiger partial charge in [-0.05, 0) is 37.5 Å². The molecule has 0 aromatic rings. The third kappa shape index (κ3) is 1.19. The number of carboxylic acid groups (broad SMARTS) is 1. The highest BCUT2D eigenvalue weighted by atomic mass is 16.4. The first-order chi connectivity index (χ1) is 6.24. The van der Waals surface area contributed by atoms with Crippen molar-refractivity contribution in [3.63, 3.8) is 0 Å². The van der Waals surface area contributed by atoms with Gasteiger partial charge in [-0.2, -0.15) is 0 Å². The molecule has 0 amide bonds. The first-order valence-electron chi connectivity index (χ1n) is 4.66. The number of fused-ring (bicyclic) bond motifs is 2. The summed E-state index contributed by atoms with van der Waals surface area (Å²) in [5, 5.41) is 8.95. The van der Waals surface area contributed by atoms with Crippen molar-refractivity contribution in [1.82, 2.24) is 0 Å². The quantitative estimate of drug-likeness (QED) is 0.653. The summed E-state index contributed by atoms with van der Waals surface area (Å²) in [5.41, 5.74) is 0.965. The van der Waals surface area contributed by atoms with Crippen molar-refractivity contribution >= 4 is 12.3 Å². The SMILES string of the molecule is O=CC1=C(C(=O)O)C2CCC1CC2. The van der Waals surface area contributed by atoms with Gasteiger partial charge in [0.1, 0.15) is 6.29 Å². The zero-order valence-electron chi connectivity index (χ0n) is 7.32. The molecule has 1 N–H and O–H groups in total. The van der Waals surface area contributed by atoms with Gasteiger partial charge in [-0.1, -0.05) is 0 Å². The number of hydrogen-bond acceptors (Lipinski definition) is 2. The Bertz CT molecular complexity index is 283. The van der Waals surface area contributed by atoms with Gasteiger partial charge in [-0.3, -0.25) is 4.79 Å². The lowest BCUT2D eigenvalue weighted by Gasteiger charge is -2.36. The van der Waals surface area contributed by atoms with E-state index in [-0.39, 0.29) is 11.8 Å². The van der Waals surface area contributed by atoms with Crippen molar-refractivity contribution in [2.24, 2.45) is 11.8 Å². The van der Waals surface area contributed by atoms with Crippen molar-refractivity contribution in [1.29, 1.82) is 0 Å². The van der Waals surface area contributed by atoms with E-state index < -0.39 is 5.97 Å². The van der Waals surface area contributed by atoms with Crippen molar-refractivity contribution in [3.05, 3.63) is 11.1 Å². The maximum absolute atomic E-state index is 10.9. The summed E-state index contributed by atoms with van der Waals surface area (Å²) in [6, 6.07) is 0. The summed E-state index contributed by atoms with van der Waals surface area (Å²) in [6.45, 7) is 0. The molecule has 0 atom stereocenters. The lowest BCUT2D eigenvalue weighted by molar-refractivity contribution is -0.134. The Morgan fingerprint density at radius 2 is 1.77 bits per heavy atom. The zero-order valence-corrected chi connectivity index (χ0v) is 7.32. The molecule has 13 heavy (non-hydrogen) atoms. The third-order valence-electron chi connectivity index (χ3n) is 3.24. The molecule has 0 heterocycles. The van der Waals surface area contributed by atoms with Gasteiger partial charge in [0.25, 0.3) is 0 Å². The molecular formula is C10H12O3. The number of carbonyl (C=O) groups is 2. The van der Waals surface area contributed by atoms with Gasteiger partial charge in [-0.15, -0.1) is 0 Å². The van der Waals surface area contributed by atoms with Crippen LogP contribution in [0.1, 0.15) is 25.7 Å². The second-order valence-electron chi connectivity index (χ2n) is 3.84. The van der Waals surface area contributed by atoms with E-state index >= 15 is 0 Å². The molecule has 1 fully saturated rings. The van der Waals surface area contributed by atoms with Crippen LogP contribution in [0.2, 0.25) is 0 Å². The van der Waals surface area contributed by atoms with E-state index in [1.165, 1.54) is 0 Å². The number of allylic oxidation sites excluding steroid dienone is 1. The minimum atomic E-state index is -0.892. The molecule has 0 unspecified atom stereocenters. The number of aliphatic carboxylic acids is 1. The summed E-state index contributed by atoms with van der Waals surface area (Å²) >= 11 is 0. The lowest BCUT2D eigenvalue weighted by atomic mass is 9.67. The van der Waals surface area contributed by atoms with Crippen molar-refractivity contribution in [3.8, 4) is 0 Å². The van der Waals surface area contributed by atoms with Crippen molar-refractivity contribution in [2.45, 2.75) is 25.7 Å². The molecule has 0 spiro atoms. The standard InChI is InChI=1S/C10H12O3/c11-5-8-6-1-3-7(4-2-6)9(8)10(12)13/h5-7H,1-4H2,(H,12,13). The Balaban J connectivity index is 2.46. The van der Waals surface area contributed by atoms with Gasteiger partial charge in [0.05, 0.1) is 0 Å². The van der Waals surface area contributed by atoms with E-state index in [9.17, 15) is 9.59 Å². The average molecular weight is 180 g/mol. The Morgan fingerprint density at radius 1 is 1.23 bits per heavy atom. The third-order valence-corrected chi connectivity index (χ3v) is 3.24. The summed E-state index contributed by atoms with van der Waals surface area (Å²) in [5.74, 6) is -0.521. The van der Waals surface area contributed by atoms with Crippen LogP contribution in [0.4, 0.5) is 0 Å². The summed E-state index contributed by atoms with van der Waals surface area (Å²) in [6.07, 6.45) is 4.64. The Labute approximate surface area is 76.4 Å². The topological polar surface area (TPSA) is 54.4 Å². The monoisotopic (exact) mass is 180 g/mol. The van der Waals surface area contributed by atoms with Gasteiger partial charge < -0.3 is 5.11 Å². The summed E-state index contributed by atoms with van der Waals surface area (Å²) < 4.78 is 0. The molecule has 0 aromatic heterocycles. The molecule has 2 bridgehead atoms. The molecule has 1 saturated carbocycles. The van der Waals surface area contributed by atoms with E-state index in [0.29, 0.717) is 11.1 Å². The van der Waals surface area contributed by atoms with Gasteiger partial charge in [-0.25, -0.2) is 4.79 Å². The number of carbonyl (C=O) groups excluding carboxylic acids is 1. The summed E-state index contributed by atoms with van der Waals surface area (Å²) in [4.78, 5) is 21.6. The van der Waals surface area contributed by atoms with E-state index in [2.05, 4.69) is 0 Å². The van der Waals surface area contributed by atoms with Gasteiger partial charge >= 0.3 is 5.97 Å². The van der Waals surface area contributed by atoms with Crippen LogP contribution in [0.15, 0.2) is 11.1 Å². The minimum Gasteiger partial charge on any atom is -0.478 e. The number of rotatable bonds is 2. The molecule has 0 aliphatic heterocycles. The molecule has 3 aliphatic rings. The van der Waals surface area contributed by atoms with Crippen LogP contribution >= 0.6 is 0 Å². The molecule has 3 aliphatic carbocycles. The van der Waals surface area contributed by atoms with Crippen LogP contribution in [-0.4, -0.2) is 17.4 Å². The molecular weight excluding hydrogens is 168 g/mol. The predicted molar refractivity (Wildman–Crippen MR) is 46.2 cm³/mol. The molecule has 3 rings (SSSR count). The van der Waals surface area contributed by atoms with E-state index in [1.807, 2.05) is 0 Å². The Hall–Kier alpha value is -1.12. The molecule has 0 saturated heterocycles. The normalized spacial score (nSPS) is 32.0. The van der Waals surface area contributed by atoms with Crippen LogP contribution in [0.3, 0.4) is 0 Å². The molecule has 3 heteroatoms. The first kappa shape index (κ1) is 8.48. The molecule has 70 valence electrons. The van der Waals surface area contributed by atoms with E-state index in [0.717, 1.165) is 32.0 Å². The second kappa shape index (κ2) is 2.98. The van der Waals surface area contributed by atoms with Gasteiger partial charge in [0.2, 0.25) is 0 Å². The lowest BCUT2D eigenvalue weighted by Crippen LogP contribution is -2.30. The smallest absolute Gasteiger partial charge is 0.332 e. The highest BCUT2D eigenvalue weighted by Gasteiger charge is 2.37. The second-order valence-corrected chi connectivity index (χ2v) is 3.84. The highest BCUT2D eigenvalue weighted by Crippen LogP contribution is 2.44. The Morgan fingerprint density at radius 3 is 2.15 bits per heavy atom. The Kier molecular flexibility index (Phi) is 1.94. The molecule has 0 aromatic carbocycles. The van der Waals surface area contributed by atoms with Crippen LogP contribution in [-0.2, 0) is 9.59 Å². The fourth-order valence-corrected chi connectivity index (χ4v) is 2.61. The number of carboxylic acids is 1. The van der Waals surface area contributed by atoms with Crippen molar-refractivity contribution < 1.29 is 14.7 Å². The number of hydrogen-bond donors (Lipinski definition) is 1. The van der Waals surface area contributed by atoms with Crippen LogP contribution < -0.4 is 0 Å². The largest absolute Gasteiger partial charge is 0.478 e. The maximum atomic E-state index is 10.9. The molecule has 0 radical (unpaired) electrons. The van der Waals surface area contributed by atoms with Gasteiger partial charge in [0.15, 0.2) is 0 Å². The average Bonchev–Trinajstić information content (AvgIpc) is 2.17. The van der Waals surface area contributed by atoms with Gasteiger partial charge in [0, 0.05) is 11.1 Å². The van der Waals surface area contributed by atoms with E-state index in [4.69, 9.17) is 5.11 Å². The number of aldehydes is 1. The zero-order chi connectivity index (χ0) is 9.42. The highest BCUT2D eigenvalue weighted by molar-refractivity contribution is 5.95. The minimum absolute atomic E-state index is 0.141. The summed E-state index contributed by atoms with van der Waals surface area (Å²) in [7, 11) is 0. The van der Waals surface area contributed by atoms with Crippen LogP contribution in [0.25, 0.3) is 0 Å².